The number of carbonyl (C=O) groups is 2. The molecular formula is C53H84O23. The van der Waals surface area contributed by atoms with Gasteiger partial charge in [0.05, 0.1) is 31.3 Å². The van der Waals surface area contributed by atoms with Gasteiger partial charge < -0.3 is 104 Å². The van der Waals surface area contributed by atoms with Crippen LogP contribution in [0.4, 0.5) is 0 Å². The molecule has 9 rings (SSSR count). The lowest BCUT2D eigenvalue weighted by Gasteiger charge is -2.71. The third-order valence-corrected chi connectivity index (χ3v) is 21.0. The molecule has 27 unspecified atom stereocenters. The van der Waals surface area contributed by atoms with Gasteiger partial charge in [-0.3, -0.25) is 4.79 Å². The third-order valence-electron chi connectivity index (χ3n) is 21.0. The lowest BCUT2D eigenvalue weighted by atomic mass is 9.33. The van der Waals surface area contributed by atoms with E-state index >= 15 is 0 Å². The van der Waals surface area contributed by atoms with Gasteiger partial charge in [-0.2, -0.15) is 0 Å². The summed E-state index contributed by atoms with van der Waals surface area (Å²) in [4.78, 5) is 28.9. The number of hydrogen-bond donors (Lipinski definition) is 13. The van der Waals surface area contributed by atoms with Crippen LogP contribution in [0.1, 0.15) is 113 Å². The second-order valence-corrected chi connectivity index (χ2v) is 25.8. The van der Waals surface area contributed by atoms with Crippen LogP contribution in [0.2, 0.25) is 0 Å². The molecule has 0 aromatic carbocycles. The third kappa shape index (κ3) is 9.33. The van der Waals surface area contributed by atoms with Gasteiger partial charge in [0.25, 0.3) is 0 Å². The Hall–Kier alpha value is -2.08. The first kappa shape index (κ1) is 58.6. The minimum atomic E-state index is -2.02. The van der Waals surface area contributed by atoms with E-state index in [1.165, 1.54) is 5.57 Å². The second kappa shape index (κ2) is 21.0. The maximum absolute atomic E-state index is 14.7. The van der Waals surface area contributed by atoms with Gasteiger partial charge in [0.1, 0.15) is 85.5 Å². The van der Waals surface area contributed by atoms with Gasteiger partial charge in [0, 0.05) is 0 Å². The van der Waals surface area contributed by atoms with Gasteiger partial charge in [-0.25, -0.2) is 4.79 Å². The summed E-state index contributed by atoms with van der Waals surface area (Å²) in [5.74, 6) is -1.88. The lowest BCUT2D eigenvalue weighted by Crippen LogP contribution is -2.67. The van der Waals surface area contributed by atoms with Gasteiger partial charge in [-0.15, -0.1) is 0 Å². The first-order chi connectivity index (χ1) is 35.5. The van der Waals surface area contributed by atoms with E-state index in [-0.39, 0.29) is 39.4 Å². The second-order valence-electron chi connectivity index (χ2n) is 25.8. The Balaban J connectivity index is 0.951. The van der Waals surface area contributed by atoms with E-state index in [1.807, 2.05) is 0 Å². The number of aliphatic hydroxyl groups excluding tert-OH is 13. The molecule has 4 saturated carbocycles. The Morgan fingerprint density at radius 3 is 1.66 bits per heavy atom. The largest absolute Gasteiger partial charge is 0.432 e. The van der Waals surface area contributed by atoms with Crippen LogP contribution in [-0.2, 0) is 47.5 Å². The molecule has 0 radical (unpaired) electrons. The first-order valence-electron chi connectivity index (χ1n) is 27.2. The summed E-state index contributed by atoms with van der Waals surface area (Å²) >= 11 is 0. The average Bonchev–Trinajstić information content (AvgIpc) is 3.68. The highest BCUT2D eigenvalue weighted by Gasteiger charge is 2.70. The molecular weight excluding hydrogens is 1000 g/mol. The normalized spacial score (nSPS) is 52.7. The van der Waals surface area contributed by atoms with Crippen LogP contribution in [0.3, 0.4) is 0 Å². The molecule has 23 heteroatoms. The molecule has 4 heterocycles. The van der Waals surface area contributed by atoms with E-state index in [0.717, 1.165) is 32.1 Å². The van der Waals surface area contributed by atoms with Crippen molar-refractivity contribution in [2.75, 3.05) is 19.8 Å². The molecule has 0 amide bonds. The quantitative estimate of drug-likeness (QED) is 0.0612. The van der Waals surface area contributed by atoms with Gasteiger partial charge in [0.2, 0.25) is 12.6 Å². The van der Waals surface area contributed by atoms with E-state index < -0.39 is 165 Å². The highest BCUT2D eigenvalue weighted by molar-refractivity contribution is 5.79. The zero-order valence-electron chi connectivity index (χ0n) is 44.4. The molecule has 0 spiro atoms. The predicted molar refractivity (Wildman–Crippen MR) is 257 cm³/mol. The fourth-order valence-corrected chi connectivity index (χ4v) is 16.1. The first-order valence-corrected chi connectivity index (χ1v) is 27.2. The Labute approximate surface area is 442 Å². The van der Waals surface area contributed by atoms with Crippen LogP contribution >= 0.6 is 0 Å². The summed E-state index contributed by atoms with van der Waals surface area (Å²) in [6.07, 6.45) is -24.6. The highest BCUT2D eigenvalue weighted by atomic mass is 16.8. The number of allylic oxidation sites excluding steroid dienone is 2. The van der Waals surface area contributed by atoms with Crippen molar-refractivity contribution in [2.45, 2.75) is 235 Å². The van der Waals surface area contributed by atoms with E-state index in [2.05, 4.69) is 54.5 Å². The zero-order valence-corrected chi connectivity index (χ0v) is 44.4. The molecule has 27 atom stereocenters. The molecule has 76 heavy (non-hydrogen) atoms. The van der Waals surface area contributed by atoms with Crippen molar-refractivity contribution >= 4 is 11.9 Å². The summed E-state index contributed by atoms with van der Waals surface area (Å²) < 4.78 is 46.6. The van der Waals surface area contributed by atoms with Crippen molar-refractivity contribution < 1.29 is 114 Å². The van der Waals surface area contributed by atoms with Crippen molar-refractivity contribution in [2.24, 2.45) is 50.2 Å². The number of fused-ring (bicyclic) bond motifs is 7. The Bertz CT molecular complexity index is 2140. The molecule has 434 valence electrons. The summed E-state index contributed by atoms with van der Waals surface area (Å²) in [6.45, 7) is 13.5. The van der Waals surface area contributed by atoms with Gasteiger partial charge in [-0.05, 0) is 109 Å². The molecule has 4 saturated heterocycles. The van der Waals surface area contributed by atoms with Gasteiger partial charge >= 0.3 is 11.9 Å². The van der Waals surface area contributed by atoms with Crippen molar-refractivity contribution in [3.05, 3.63) is 11.6 Å². The van der Waals surface area contributed by atoms with E-state index in [1.54, 1.807) is 0 Å². The Morgan fingerprint density at radius 1 is 0.553 bits per heavy atom. The number of ether oxygens (including phenoxy) is 8. The summed E-state index contributed by atoms with van der Waals surface area (Å²) in [5, 5.41) is 137. The van der Waals surface area contributed by atoms with E-state index in [4.69, 9.17) is 37.9 Å². The van der Waals surface area contributed by atoms with Gasteiger partial charge in [0.15, 0.2) is 18.7 Å². The fourth-order valence-electron chi connectivity index (χ4n) is 16.1. The SMILES string of the molecule is CC1(C)CCC2(C(=O)OC3OC(CO)C(O)C(O)C3O)CCC3(C)C(=CCC4C5(C)CCC(OC6OC(C(=O)OC7OC(CO)C(O)C(O)C7O)C(OC7OC(CO)C(O)C7O)C(O)C6O)C(C)(C)C5CCC43C)C2C1. The molecule has 4 aliphatic heterocycles. The lowest BCUT2D eigenvalue weighted by molar-refractivity contribution is -0.347. The minimum absolute atomic E-state index is 0.0424. The van der Waals surface area contributed by atoms with Crippen LogP contribution in [0, 0.1) is 50.2 Å². The summed E-state index contributed by atoms with van der Waals surface area (Å²) in [5.41, 5.74) is -1.27. The van der Waals surface area contributed by atoms with E-state index in [9.17, 15) is 76.0 Å². The van der Waals surface area contributed by atoms with Crippen molar-refractivity contribution in [1.29, 1.82) is 0 Å². The van der Waals surface area contributed by atoms with Gasteiger partial charge in [-0.1, -0.05) is 60.1 Å². The standard InChI is InChI=1S/C53H84O23/c1-48(2)14-16-53(47(68)76-45-38(65)34(61)31(58)25(20-55)71-45)17-15-51(6)22(23(53)18-48)8-9-28-50(5)12-11-29(49(3,4)27(50)10-13-52(28,51)7)72-46-39(66)35(62)40(73-43-36(63)32(59)26(21-56)69-43)41(74-46)42(67)75-44-37(64)33(60)30(57)24(19-54)70-44/h8,23-41,43-46,54-66H,9-21H2,1-7H3. The highest BCUT2D eigenvalue weighted by Crippen LogP contribution is 2.76. The van der Waals surface area contributed by atoms with E-state index in [0.29, 0.717) is 32.1 Å². The maximum atomic E-state index is 14.7. The molecule has 13 N–H and O–H groups in total. The molecule has 0 aromatic rings. The molecule has 5 aliphatic carbocycles. The number of aliphatic hydroxyl groups is 13. The van der Waals surface area contributed by atoms with Crippen molar-refractivity contribution in [3.63, 3.8) is 0 Å². The number of esters is 2. The minimum Gasteiger partial charge on any atom is -0.432 e. The zero-order chi connectivity index (χ0) is 55.6. The monoisotopic (exact) mass is 1090 g/mol. The molecule has 23 nitrogen and oxygen atoms in total. The van der Waals surface area contributed by atoms with Crippen molar-refractivity contribution in [3.8, 4) is 0 Å². The fraction of sp³-hybridized carbons (Fsp3) is 0.925. The van der Waals surface area contributed by atoms with Crippen LogP contribution < -0.4 is 0 Å². The van der Waals surface area contributed by atoms with Crippen LogP contribution in [0.15, 0.2) is 11.6 Å². The van der Waals surface area contributed by atoms with Crippen LogP contribution in [0.5, 0.6) is 0 Å². The average molecular weight is 1090 g/mol. The topological polar surface area (TPSA) is 371 Å². The predicted octanol–water partition coefficient (Wildman–Crippen LogP) is -1.87. The number of carbonyl (C=O) groups excluding carboxylic acids is 2. The maximum Gasteiger partial charge on any atom is 0.340 e. The summed E-state index contributed by atoms with van der Waals surface area (Å²) in [7, 11) is 0. The number of rotatable bonds is 11. The molecule has 8 fully saturated rings. The van der Waals surface area contributed by atoms with Crippen LogP contribution in [-0.4, -0.2) is 221 Å². The smallest absolute Gasteiger partial charge is 0.340 e. The summed E-state index contributed by atoms with van der Waals surface area (Å²) in [6, 6.07) is 0. The van der Waals surface area contributed by atoms with Crippen molar-refractivity contribution in [1.82, 2.24) is 0 Å². The Kier molecular flexibility index (Phi) is 16.2. The number of hydrogen-bond acceptors (Lipinski definition) is 23. The molecule has 0 aromatic heterocycles. The molecule has 0 bridgehead atoms. The molecule has 9 aliphatic rings. The Morgan fingerprint density at radius 2 is 1.07 bits per heavy atom. The van der Waals surface area contributed by atoms with Crippen LogP contribution in [0.25, 0.3) is 0 Å².